The van der Waals surface area contributed by atoms with E-state index in [1.165, 1.54) is 18.2 Å². The molecule has 5 heteroatoms. The number of pyridine rings is 1. The van der Waals surface area contributed by atoms with Crippen LogP contribution in [0.15, 0.2) is 29.1 Å². The Balaban J connectivity index is 2.42. The third kappa shape index (κ3) is 1.82. The van der Waals surface area contributed by atoms with Crippen molar-refractivity contribution in [2.45, 2.75) is 19.3 Å². The molecule has 4 nitrogen and oxygen atoms in total. The van der Waals surface area contributed by atoms with Crippen LogP contribution in [0.3, 0.4) is 0 Å². The lowest BCUT2D eigenvalue weighted by molar-refractivity contribution is 0.0695. The Morgan fingerprint density at radius 2 is 2.00 bits per heavy atom. The van der Waals surface area contributed by atoms with Crippen LogP contribution >= 0.6 is 0 Å². The van der Waals surface area contributed by atoms with Crippen LogP contribution in [-0.2, 0) is 12.8 Å². The zero-order valence-corrected chi connectivity index (χ0v) is 10.6. The molecule has 3 rings (SSSR count). The molecule has 0 spiro atoms. The molecule has 0 unspecified atom stereocenters. The highest BCUT2D eigenvalue weighted by Gasteiger charge is 2.26. The lowest BCUT2D eigenvalue weighted by atomic mass is 9.94. The average Bonchev–Trinajstić information content (AvgIpc) is 2.85. The van der Waals surface area contributed by atoms with Crippen molar-refractivity contribution in [1.29, 1.82) is 0 Å². The molecule has 1 aliphatic rings. The van der Waals surface area contributed by atoms with Crippen molar-refractivity contribution < 1.29 is 14.3 Å². The smallest absolute Gasteiger partial charge is 0.341 e. The van der Waals surface area contributed by atoms with Crippen molar-refractivity contribution in [3.63, 3.8) is 0 Å². The fraction of sp³-hybridized carbons (Fsp3) is 0.200. The molecule has 0 bridgehead atoms. The second kappa shape index (κ2) is 4.59. The molecule has 0 amide bonds. The largest absolute Gasteiger partial charge is 0.477 e. The minimum Gasteiger partial charge on any atom is -0.477 e. The number of carboxylic acid groups (broad SMARTS) is 1. The second-order valence-corrected chi connectivity index (χ2v) is 4.80. The number of hydrogen-bond donors (Lipinski definition) is 2. The molecule has 2 N–H and O–H groups in total. The van der Waals surface area contributed by atoms with Crippen LogP contribution in [0.4, 0.5) is 4.39 Å². The molecule has 2 aromatic rings. The van der Waals surface area contributed by atoms with E-state index in [1.807, 2.05) is 0 Å². The molecular weight excluding hydrogens is 261 g/mol. The lowest BCUT2D eigenvalue weighted by Crippen LogP contribution is -2.21. The maximum absolute atomic E-state index is 14.0. The minimum absolute atomic E-state index is 0.175. The SMILES string of the molecule is O=C(O)c1c(-c2ccccc2F)c2c([nH]c1=O)CCC2. The fourth-order valence-corrected chi connectivity index (χ4v) is 2.79. The van der Waals surface area contributed by atoms with E-state index in [2.05, 4.69) is 4.98 Å². The van der Waals surface area contributed by atoms with E-state index in [-0.39, 0.29) is 16.7 Å². The number of aromatic amines is 1. The van der Waals surface area contributed by atoms with Crippen LogP contribution in [0.1, 0.15) is 28.0 Å². The molecule has 0 radical (unpaired) electrons. The van der Waals surface area contributed by atoms with Gasteiger partial charge in [0.05, 0.1) is 0 Å². The highest BCUT2D eigenvalue weighted by atomic mass is 19.1. The van der Waals surface area contributed by atoms with E-state index in [4.69, 9.17) is 0 Å². The Bertz CT molecular complexity index is 764. The number of hydrogen-bond acceptors (Lipinski definition) is 2. The first-order valence-electron chi connectivity index (χ1n) is 6.36. The predicted molar refractivity (Wildman–Crippen MR) is 71.4 cm³/mol. The van der Waals surface area contributed by atoms with Crippen molar-refractivity contribution in [2.24, 2.45) is 0 Å². The van der Waals surface area contributed by atoms with E-state index in [0.717, 1.165) is 17.7 Å². The number of halogens is 1. The van der Waals surface area contributed by atoms with Crippen LogP contribution in [0.2, 0.25) is 0 Å². The first-order valence-corrected chi connectivity index (χ1v) is 6.36. The van der Waals surface area contributed by atoms with Gasteiger partial charge in [-0.05, 0) is 30.9 Å². The van der Waals surface area contributed by atoms with Crippen LogP contribution < -0.4 is 5.56 Å². The van der Waals surface area contributed by atoms with Crippen LogP contribution in [0.25, 0.3) is 11.1 Å². The Kier molecular flexibility index (Phi) is 2.89. The Labute approximate surface area is 113 Å². The van der Waals surface area contributed by atoms with Gasteiger partial charge in [0.25, 0.3) is 5.56 Å². The average molecular weight is 273 g/mol. The molecule has 20 heavy (non-hydrogen) atoms. The van der Waals surface area contributed by atoms with E-state index in [0.29, 0.717) is 12.8 Å². The van der Waals surface area contributed by atoms with Gasteiger partial charge in [-0.15, -0.1) is 0 Å². The zero-order valence-electron chi connectivity index (χ0n) is 10.6. The quantitative estimate of drug-likeness (QED) is 0.882. The number of aromatic nitrogens is 1. The summed E-state index contributed by atoms with van der Waals surface area (Å²) in [6.07, 6.45) is 2.16. The first-order chi connectivity index (χ1) is 9.59. The third-order valence-corrected chi connectivity index (χ3v) is 3.62. The molecular formula is C15H12FNO3. The number of nitrogens with one attached hydrogen (secondary N) is 1. The molecule has 1 aromatic carbocycles. The first kappa shape index (κ1) is 12.6. The van der Waals surface area contributed by atoms with Gasteiger partial charge >= 0.3 is 5.97 Å². The molecule has 1 aromatic heterocycles. The second-order valence-electron chi connectivity index (χ2n) is 4.80. The Morgan fingerprint density at radius 3 is 2.70 bits per heavy atom. The molecule has 0 atom stereocenters. The van der Waals surface area contributed by atoms with E-state index in [9.17, 15) is 19.1 Å². The zero-order chi connectivity index (χ0) is 14.3. The maximum atomic E-state index is 14.0. The fourth-order valence-electron chi connectivity index (χ4n) is 2.79. The summed E-state index contributed by atoms with van der Waals surface area (Å²) < 4.78 is 14.0. The number of H-pyrrole nitrogens is 1. The van der Waals surface area contributed by atoms with Gasteiger partial charge in [-0.3, -0.25) is 4.79 Å². The molecule has 0 saturated carbocycles. The van der Waals surface area contributed by atoms with Gasteiger partial charge in [0.1, 0.15) is 11.4 Å². The molecule has 0 aliphatic heterocycles. The summed E-state index contributed by atoms with van der Waals surface area (Å²) in [5, 5.41) is 9.29. The molecule has 102 valence electrons. The van der Waals surface area contributed by atoms with Crippen molar-refractivity contribution in [3.05, 3.63) is 57.3 Å². The molecule has 1 heterocycles. The van der Waals surface area contributed by atoms with Crippen molar-refractivity contribution in [1.82, 2.24) is 4.98 Å². The van der Waals surface area contributed by atoms with E-state index in [1.54, 1.807) is 6.07 Å². The number of carbonyl (C=O) groups is 1. The molecule has 0 saturated heterocycles. The normalized spacial score (nSPS) is 13.2. The van der Waals surface area contributed by atoms with Gasteiger partial charge in [0.2, 0.25) is 0 Å². The van der Waals surface area contributed by atoms with Gasteiger partial charge in [0.15, 0.2) is 0 Å². The monoisotopic (exact) mass is 273 g/mol. The van der Waals surface area contributed by atoms with Crippen molar-refractivity contribution in [2.75, 3.05) is 0 Å². The van der Waals surface area contributed by atoms with Gasteiger partial charge in [-0.25, -0.2) is 9.18 Å². The van der Waals surface area contributed by atoms with Crippen LogP contribution in [-0.4, -0.2) is 16.1 Å². The van der Waals surface area contributed by atoms with E-state index >= 15 is 0 Å². The number of rotatable bonds is 2. The van der Waals surface area contributed by atoms with Gasteiger partial charge in [-0.2, -0.15) is 0 Å². The maximum Gasteiger partial charge on any atom is 0.341 e. The number of aryl methyl sites for hydroxylation is 1. The topological polar surface area (TPSA) is 70.2 Å². The summed E-state index contributed by atoms with van der Waals surface area (Å²) in [6, 6.07) is 5.94. The van der Waals surface area contributed by atoms with Crippen LogP contribution in [0, 0.1) is 5.82 Å². The number of fused-ring (bicyclic) bond motifs is 1. The lowest BCUT2D eigenvalue weighted by Gasteiger charge is -2.12. The predicted octanol–water partition coefficient (Wildman–Crippen LogP) is 2.37. The summed E-state index contributed by atoms with van der Waals surface area (Å²) in [5.41, 5.74) is 0.818. The summed E-state index contributed by atoms with van der Waals surface area (Å²) in [7, 11) is 0. The van der Waals surface area contributed by atoms with E-state index < -0.39 is 17.3 Å². The summed E-state index contributed by atoms with van der Waals surface area (Å²) in [4.78, 5) is 26.0. The standard InChI is InChI=1S/C15H12FNO3/c16-10-6-2-1-4-8(10)12-9-5-3-7-11(9)17-14(18)13(12)15(19)20/h1-2,4,6H,3,5,7H2,(H,17,18)(H,19,20). The summed E-state index contributed by atoms with van der Waals surface area (Å²) >= 11 is 0. The van der Waals surface area contributed by atoms with Gasteiger partial charge < -0.3 is 10.1 Å². The Hall–Kier alpha value is -2.43. The number of carboxylic acids is 1. The molecule has 0 fully saturated rings. The van der Waals surface area contributed by atoms with Crippen molar-refractivity contribution >= 4 is 5.97 Å². The number of benzene rings is 1. The van der Waals surface area contributed by atoms with Crippen LogP contribution in [0.5, 0.6) is 0 Å². The van der Waals surface area contributed by atoms with Crippen molar-refractivity contribution in [3.8, 4) is 11.1 Å². The summed E-state index contributed by atoms with van der Waals surface area (Å²) in [5.74, 6) is -1.85. The highest BCUT2D eigenvalue weighted by molar-refractivity contribution is 5.97. The minimum atomic E-state index is -1.33. The van der Waals surface area contributed by atoms with Gasteiger partial charge in [0, 0.05) is 16.8 Å². The Morgan fingerprint density at radius 1 is 1.25 bits per heavy atom. The van der Waals surface area contributed by atoms with Gasteiger partial charge in [-0.1, -0.05) is 18.2 Å². The number of aromatic carboxylic acids is 1. The third-order valence-electron chi connectivity index (χ3n) is 3.62. The highest BCUT2D eigenvalue weighted by Crippen LogP contribution is 2.33. The molecule has 1 aliphatic carbocycles. The summed E-state index contributed by atoms with van der Waals surface area (Å²) in [6.45, 7) is 0.